The summed E-state index contributed by atoms with van der Waals surface area (Å²) in [4.78, 5) is 11.4. The van der Waals surface area contributed by atoms with Crippen LogP contribution in [0, 0.1) is 0 Å². The van der Waals surface area contributed by atoms with Crippen LogP contribution in [0.1, 0.15) is 97.8 Å². The molecular formula is C17H35NO2. The van der Waals surface area contributed by atoms with Gasteiger partial charge in [0.1, 0.15) is 5.72 Å². The zero-order chi connectivity index (χ0) is 15.3. The molecule has 0 atom stereocenters. The summed E-state index contributed by atoms with van der Waals surface area (Å²) in [5.41, 5.74) is -1.09. The van der Waals surface area contributed by atoms with Crippen LogP contribution in [-0.2, 0) is 4.79 Å². The summed E-state index contributed by atoms with van der Waals surface area (Å²) in [6.07, 6.45) is 14.7. The van der Waals surface area contributed by atoms with Crippen molar-refractivity contribution < 1.29 is 9.90 Å². The summed E-state index contributed by atoms with van der Waals surface area (Å²) in [6, 6.07) is 0. The Labute approximate surface area is 125 Å². The summed E-state index contributed by atoms with van der Waals surface area (Å²) in [5, 5.41) is 12.0. The molecule has 0 fully saturated rings. The van der Waals surface area contributed by atoms with Crippen molar-refractivity contribution in [3.8, 4) is 0 Å². The fourth-order valence-corrected chi connectivity index (χ4v) is 2.35. The number of rotatable bonds is 13. The van der Waals surface area contributed by atoms with Crippen LogP contribution in [-0.4, -0.2) is 16.7 Å². The van der Waals surface area contributed by atoms with Crippen LogP contribution in [0.3, 0.4) is 0 Å². The van der Waals surface area contributed by atoms with Crippen LogP contribution in [0.25, 0.3) is 0 Å². The Kier molecular flexibility index (Phi) is 11.8. The second kappa shape index (κ2) is 12.2. The van der Waals surface area contributed by atoms with E-state index >= 15 is 0 Å². The van der Waals surface area contributed by atoms with Crippen molar-refractivity contribution >= 4 is 5.91 Å². The van der Waals surface area contributed by atoms with E-state index in [1.54, 1.807) is 13.8 Å². The molecule has 1 amide bonds. The van der Waals surface area contributed by atoms with Crippen molar-refractivity contribution in [1.29, 1.82) is 0 Å². The van der Waals surface area contributed by atoms with E-state index in [4.69, 9.17) is 0 Å². The van der Waals surface area contributed by atoms with Gasteiger partial charge in [-0.25, -0.2) is 0 Å². The lowest BCUT2D eigenvalue weighted by molar-refractivity contribution is -0.127. The topological polar surface area (TPSA) is 49.3 Å². The van der Waals surface area contributed by atoms with Gasteiger partial charge in [0.25, 0.3) is 0 Å². The van der Waals surface area contributed by atoms with Gasteiger partial charge in [-0.2, -0.15) is 0 Å². The maximum Gasteiger partial charge on any atom is 0.222 e. The van der Waals surface area contributed by atoms with E-state index in [1.165, 1.54) is 57.8 Å². The minimum atomic E-state index is -1.09. The number of carbonyl (C=O) groups is 1. The van der Waals surface area contributed by atoms with E-state index in [2.05, 4.69) is 12.2 Å². The first-order valence-corrected chi connectivity index (χ1v) is 8.49. The van der Waals surface area contributed by atoms with Crippen molar-refractivity contribution in [3.05, 3.63) is 0 Å². The van der Waals surface area contributed by atoms with Gasteiger partial charge in [-0.1, -0.05) is 71.1 Å². The lowest BCUT2D eigenvalue weighted by atomic mass is 10.1. The molecule has 20 heavy (non-hydrogen) atoms. The Morgan fingerprint density at radius 1 is 0.850 bits per heavy atom. The molecule has 0 aromatic carbocycles. The quantitative estimate of drug-likeness (QED) is 0.386. The van der Waals surface area contributed by atoms with Crippen LogP contribution in [0.5, 0.6) is 0 Å². The van der Waals surface area contributed by atoms with Crippen LogP contribution in [0.15, 0.2) is 0 Å². The third-order valence-electron chi connectivity index (χ3n) is 3.45. The molecule has 3 nitrogen and oxygen atoms in total. The number of amides is 1. The summed E-state index contributed by atoms with van der Waals surface area (Å²) >= 11 is 0. The Morgan fingerprint density at radius 3 is 1.65 bits per heavy atom. The first-order valence-electron chi connectivity index (χ1n) is 8.49. The molecule has 0 radical (unpaired) electrons. The molecule has 0 saturated carbocycles. The summed E-state index contributed by atoms with van der Waals surface area (Å²) in [5.74, 6) is -0.0478. The largest absolute Gasteiger partial charge is 0.372 e. The minimum Gasteiger partial charge on any atom is -0.372 e. The molecule has 0 aliphatic heterocycles. The molecule has 0 spiro atoms. The Morgan fingerprint density at radius 2 is 1.25 bits per heavy atom. The van der Waals surface area contributed by atoms with Gasteiger partial charge in [0, 0.05) is 6.42 Å². The highest BCUT2D eigenvalue weighted by molar-refractivity contribution is 5.76. The number of unbranched alkanes of at least 4 members (excludes halogenated alkanes) is 10. The standard InChI is InChI=1S/C17H35NO2/c1-4-5-6-7-8-9-10-11-12-13-14-15-16(19)18-17(2,3)20/h20H,4-15H2,1-3H3,(H,18,19). The van der Waals surface area contributed by atoms with Gasteiger partial charge in [0.05, 0.1) is 0 Å². The summed E-state index contributed by atoms with van der Waals surface area (Å²) in [6.45, 7) is 5.43. The lowest BCUT2D eigenvalue weighted by Gasteiger charge is -2.18. The Balaban J connectivity index is 3.19. The van der Waals surface area contributed by atoms with E-state index in [0.29, 0.717) is 6.42 Å². The van der Waals surface area contributed by atoms with Gasteiger partial charge in [-0.3, -0.25) is 4.79 Å². The highest BCUT2D eigenvalue weighted by atomic mass is 16.3. The molecule has 0 heterocycles. The Hall–Kier alpha value is -0.570. The number of nitrogens with one attached hydrogen (secondary N) is 1. The van der Waals surface area contributed by atoms with Gasteiger partial charge < -0.3 is 10.4 Å². The molecule has 0 saturated heterocycles. The van der Waals surface area contributed by atoms with Crippen molar-refractivity contribution in [2.24, 2.45) is 0 Å². The molecule has 0 rings (SSSR count). The smallest absolute Gasteiger partial charge is 0.222 e. The molecule has 0 aliphatic rings. The fraction of sp³-hybridized carbons (Fsp3) is 0.941. The van der Waals surface area contributed by atoms with E-state index in [-0.39, 0.29) is 5.91 Å². The van der Waals surface area contributed by atoms with Crippen molar-refractivity contribution in [2.75, 3.05) is 0 Å². The summed E-state index contributed by atoms with van der Waals surface area (Å²) < 4.78 is 0. The van der Waals surface area contributed by atoms with Gasteiger partial charge in [0.15, 0.2) is 0 Å². The SMILES string of the molecule is CCCCCCCCCCCCCC(=O)NC(C)(C)O. The monoisotopic (exact) mass is 285 g/mol. The predicted molar refractivity (Wildman–Crippen MR) is 85.5 cm³/mol. The highest BCUT2D eigenvalue weighted by Gasteiger charge is 2.14. The zero-order valence-electron chi connectivity index (χ0n) is 13.8. The third-order valence-corrected chi connectivity index (χ3v) is 3.45. The number of hydrogen-bond donors (Lipinski definition) is 2. The van der Waals surface area contributed by atoms with Gasteiger partial charge in [0.2, 0.25) is 5.91 Å². The molecule has 0 aromatic heterocycles. The number of carbonyl (C=O) groups excluding carboxylic acids is 1. The molecule has 0 bridgehead atoms. The van der Waals surface area contributed by atoms with E-state index < -0.39 is 5.72 Å². The maximum atomic E-state index is 11.4. The molecular weight excluding hydrogens is 250 g/mol. The minimum absolute atomic E-state index is 0.0478. The molecule has 0 unspecified atom stereocenters. The average molecular weight is 285 g/mol. The predicted octanol–water partition coefficient (Wildman–Crippen LogP) is 4.53. The lowest BCUT2D eigenvalue weighted by Crippen LogP contribution is -2.42. The van der Waals surface area contributed by atoms with Gasteiger partial charge in [-0.15, -0.1) is 0 Å². The second-order valence-electron chi connectivity index (χ2n) is 6.39. The Bertz CT molecular complexity index is 234. The van der Waals surface area contributed by atoms with Gasteiger partial charge >= 0.3 is 0 Å². The van der Waals surface area contributed by atoms with E-state index in [1.807, 2.05) is 0 Å². The second-order valence-corrected chi connectivity index (χ2v) is 6.39. The van der Waals surface area contributed by atoms with Crippen LogP contribution < -0.4 is 5.32 Å². The van der Waals surface area contributed by atoms with Crippen LogP contribution >= 0.6 is 0 Å². The number of hydrogen-bond acceptors (Lipinski definition) is 2. The first-order chi connectivity index (χ1) is 9.45. The zero-order valence-corrected chi connectivity index (χ0v) is 13.8. The normalized spacial score (nSPS) is 11.6. The number of aliphatic hydroxyl groups is 1. The van der Waals surface area contributed by atoms with Gasteiger partial charge in [-0.05, 0) is 20.3 Å². The van der Waals surface area contributed by atoms with E-state index in [0.717, 1.165) is 12.8 Å². The fourth-order valence-electron chi connectivity index (χ4n) is 2.35. The van der Waals surface area contributed by atoms with Crippen LogP contribution in [0.4, 0.5) is 0 Å². The van der Waals surface area contributed by atoms with Crippen molar-refractivity contribution in [3.63, 3.8) is 0 Å². The first kappa shape index (κ1) is 19.4. The highest BCUT2D eigenvalue weighted by Crippen LogP contribution is 2.12. The molecule has 120 valence electrons. The molecule has 0 aromatic rings. The van der Waals surface area contributed by atoms with Crippen LogP contribution in [0.2, 0.25) is 0 Å². The molecule has 3 heteroatoms. The van der Waals surface area contributed by atoms with E-state index in [9.17, 15) is 9.90 Å². The third kappa shape index (κ3) is 15.5. The molecule has 2 N–H and O–H groups in total. The summed E-state index contributed by atoms with van der Waals surface area (Å²) in [7, 11) is 0. The van der Waals surface area contributed by atoms with Crippen molar-refractivity contribution in [1.82, 2.24) is 5.32 Å². The molecule has 0 aliphatic carbocycles. The maximum absolute atomic E-state index is 11.4. The average Bonchev–Trinajstić information content (AvgIpc) is 2.34. The van der Waals surface area contributed by atoms with Crippen molar-refractivity contribution in [2.45, 2.75) is 104 Å².